The van der Waals surface area contributed by atoms with Gasteiger partial charge < -0.3 is 4.74 Å². The highest BCUT2D eigenvalue weighted by Gasteiger charge is 2.16. The lowest BCUT2D eigenvalue weighted by molar-refractivity contribution is 0.399. The van der Waals surface area contributed by atoms with Crippen molar-refractivity contribution in [1.82, 2.24) is 4.98 Å². The molecule has 1 aromatic heterocycles. The van der Waals surface area contributed by atoms with Crippen LogP contribution in [0.3, 0.4) is 0 Å². The number of sulfonamides is 1. The molecule has 0 saturated heterocycles. The van der Waals surface area contributed by atoms with Crippen molar-refractivity contribution >= 4 is 26.6 Å². The maximum absolute atomic E-state index is 12.5. The highest BCUT2D eigenvalue weighted by molar-refractivity contribution is 7.92. The third-order valence-corrected chi connectivity index (χ3v) is 4.86. The molecule has 2 aromatic carbocycles. The zero-order valence-electron chi connectivity index (χ0n) is 12.8. The standard InChI is InChI=1S/C17H16N2O3S/c1-12-6-9-14(10-7-12)23(20,21)19-15-5-3-4-13-8-11-16(22-2)18-17(13)15/h3-11,19H,1-2H3. The second-order valence-corrected chi connectivity index (χ2v) is 6.83. The monoisotopic (exact) mass is 328 g/mol. The van der Waals surface area contributed by atoms with Crippen LogP contribution >= 0.6 is 0 Å². The zero-order valence-corrected chi connectivity index (χ0v) is 13.6. The van der Waals surface area contributed by atoms with Crippen molar-refractivity contribution in [1.29, 1.82) is 0 Å². The Morgan fingerprint density at radius 3 is 2.43 bits per heavy atom. The number of aryl methyl sites for hydroxylation is 1. The van der Waals surface area contributed by atoms with Gasteiger partial charge in [-0.3, -0.25) is 4.72 Å². The van der Waals surface area contributed by atoms with Gasteiger partial charge in [-0.2, -0.15) is 0 Å². The predicted octanol–water partition coefficient (Wildman–Crippen LogP) is 3.35. The Bertz CT molecular complexity index is 951. The van der Waals surface area contributed by atoms with Crippen molar-refractivity contribution in [3.63, 3.8) is 0 Å². The highest BCUT2D eigenvalue weighted by atomic mass is 32.2. The van der Waals surface area contributed by atoms with Gasteiger partial charge in [0, 0.05) is 11.5 Å². The first-order chi connectivity index (χ1) is 11.0. The van der Waals surface area contributed by atoms with E-state index in [2.05, 4.69) is 9.71 Å². The van der Waals surface area contributed by atoms with E-state index in [0.717, 1.165) is 10.9 Å². The molecule has 0 aliphatic heterocycles. The molecule has 0 bridgehead atoms. The van der Waals surface area contributed by atoms with Gasteiger partial charge in [-0.15, -0.1) is 0 Å². The Labute approximate surface area is 135 Å². The van der Waals surface area contributed by atoms with E-state index in [1.165, 1.54) is 7.11 Å². The molecular formula is C17H16N2O3S. The van der Waals surface area contributed by atoms with Crippen LogP contribution in [0.4, 0.5) is 5.69 Å². The quantitative estimate of drug-likeness (QED) is 0.797. The minimum Gasteiger partial charge on any atom is -0.481 e. The molecular weight excluding hydrogens is 312 g/mol. The summed E-state index contributed by atoms with van der Waals surface area (Å²) in [5, 5.41) is 0.829. The molecule has 0 atom stereocenters. The van der Waals surface area contributed by atoms with Crippen LogP contribution in [-0.2, 0) is 10.0 Å². The number of aromatic nitrogens is 1. The highest BCUT2D eigenvalue weighted by Crippen LogP contribution is 2.26. The maximum atomic E-state index is 12.5. The first-order valence-electron chi connectivity index (χ1n) is 7.03. The van der Waals surface area contributed by atoms with E-state index in [9.17, 15) is 8.42 Å². The molecule has 6 heteroatoms. The van der Waals surface area contributed by atoms with Crippen molar-refractivity contribution < 1.29 is 13.2 Å². The van der Waals surface area contributed by atoms with E-state index in [1.807, 2.05) is 19.1 Å². The second-order valence-electron chi connectivity index (χ2n) is 5.15. The van der Waals surface area contributed by atoms with Crippen LogP contribution in [0.1, 0.15) is 5.56 Å². The molecule has 0 radical (unpaired) electrons. The SMILES string of the molecule is COc1ccc2cccc(NS(=O)(=O)c3ccc(C)cc3)c2n1. The van der Waals surface area contributed by atoms with E-state index in [4.69, 9.17) is 4.74 Å². The molecule has 23 heavy (non-hydrogen) atoms. The molecule has 0 aliphatic carbocycles. The van der Waals surface area contributed by atoms with Crippen molar-refractivity contribution in [2.45, 2.75) is 11.8 Å². The first kappa shape index (κ1) is 15.3. The van der Waals surface area contributed by atoms with Crippen LogP contribution < -0.4 is 9.46 Å². The minimum absolute atomic E-state index is 0.211. The number of para-hydroxylation sites is 1. The lowest BCUT2D eigenvalue weighted by atomic mass is 10.2. The van der Waals surface area contributed by atoms with Gasteiger partial charge in [-0.1, -0.05) is 29.8 Å². The largest absolute Gasteiger partial charge is 0.481 e. The number of pyridine rings is 1. The van der Waals surface area contributed by atoms with Gasteiger partial charge in [0.25, 0.3) is 10.0 Å². The van der Waals surface area contributed by atoms with Gasteiger partial charge in [-0.25, -0.2) is 13.4 Å². The predicted molar refractivity (Wildman–Crippen MR) is 90.3 cm³/mol. The summed E-state index contributed by atoms with van der Waals surface area (Å²) in [5.41, 5.74) is 1.96. The van der Waals surface area contributed by atoms with Crippen LogP contribution in [0.2, 0.25) is 0 Å². The number of methoxy groups -OCH3 is 1. The summed E-state index contributed by atoms with van der Waals surface area (Å²) < 4.78 is 32.8. The van der Waals surface area contributed by atoms with Gasteiger partial charge in [0.2, 0.25) is 5.88 Å². The Morgan fingerprint density at radius 1 is 1.00 bits per heavy atom. The van der Waals surface area contributed by atoms with Crippen molar-refractivity contribution in [2.24, 2.45) is 0 Å². The normalized spacial score (nSPS) is 11.4. The lowest BCUT2D eigenvalue weighted by Crippen LogP contribution is -2.13. The number of anilines is 1. The molecule has 0 fully saturated rings. The third-order valence-electron chi connectivity index (χ3n) is 3.48. The number of hydrogen-bond donors (Lipinski definition) is 1. The Kier molecular flexibility index (Phi) is 3.92. The minimum atomic E-state index is -3.67. The molecule has 0 saturated carbocycles. The number of fused-ring (bicyclic) bond motifs is 1. The first-order valence-corrected chi connectivity index (χ1v) is 8.51. The number of hydrogen-bond acceptors (Lipinski definition) is 4. The Morgan fingerprint density at radius 2 is 1.74 bits per heavy atom. The molecule has 3 aromatic rings. The van der Waals surface area contributed by atoms with Crippen LogP contribution in [0.25, 0.3) is 10.9 Å². The van der Waals surface area contributed by atoms with E-state index < -0.39 is 10.0 Å². The molecule has 0 spiro atoms. The summed E-state index contributed by atoms with van der Waals surface area (Å²) in [6.45, 7) is 1.91. The van der Waals surface area contributed by atoms with Gasteiger partial charge in [0.15, 0.2) is 0 Å². The molecule has 118 valence electrons. The van der Waals surface area contributed by atoms with Gasteiger partial charge in [0.1, 0.15) is 0 Å². The Balaban J connectivity index is 2.05. The number of nitrogens with one attached hydrogen (secondary N) is 1. The fraction of sp³-hybridized carbons (Fsp3) is 0.118. The molecule has 0 amide bonds. The molecule has 3 rings (SSSR count). The number of benzene rings is 2. The average molecular weight is 328 g/mol. The molecule has 0 unspecified atom stereocenters. The number of nitrogens with zero attached hydrogens (tertiary/aromatic N) is 1. The van der Waals surface area contributed by atoms with E-state index >= 15 is 0 Å². The fourth-order valence-electron chi connectivity index (χ4n) is 2.25. The summed E-state index contributed by atoms with van der Waals surface area (Å²) >= 11 is 0. The lowest BCUT2D eigenvalue weighted by Gasteiger charge is -2.11. The van der Waals surface area contributed by atoms with Crippen LogP contribution in [0.15, 0.2) is 59.5 Å². The van der Waals surface area contributed by atoms with Crippen molar-refractivity contribution in [3.05, 3.63) is 60.2 Å². The summed E-state index contributed by atoms with van der Waals surface area (Å²) in [5.74, 6) is 0.430. The summed E-state index contributed by atoms with van der Waals surface area (Å²) in [7, 11) is -2.15. The summed E-state index contributed by atoms with van der Waals surface area (Å²) in [6.07, 6.45) is 0. The van der Waals surface area contributed by atoms with Crippen LogP contribution in [0, 0.1) is 6.92 Å². The van der Waals surface area contributed by atoms with Gasteiger partial charge in [-0.05, 0) is 31.2 Å². The van der Waals surface area contributed by atoms with Crippen molar-refractivity contribution in [2.75, 3.05) is 11.8 Å². The van der Waals surface area contributed by atoms with Crippen LogP contribution in [-0.4, -0.2) is 20.5 Å². The molecule has 5 nitrogen and oxygen atoms in total. The molecule has 1 heterocycles. The maximum Gasteiger partial charge on any atom is 0.261 e. The fourth-order valence-corrected chi connectivity index (χ4v) is 3.31. The molecule has 0 aliphatic rings. The van der Waals surface area contributed by atoms with Crippen molar-refractivity contribution in [3.8, 4) is 5.88 Å². The van der Waals surface area contributed by atoms with E-state index in [0.29, 0.717) is 17.1 Å². The number of ether oxygens (including phenoxy) is 1. The van der Waals surface area contributed by atoms with Gasteiger partial charge in [0.05, 0.1) is 23.2 Å². The van der Waals surface area contributed by atoms with Crippen LogP contribution in [0.5, 0.6) is 5.88 Å². The van der Waals surface area contributed by atoms with E-state index in [1.54, 1.807) is 42.5 Å². The topological polar surface area (TPSA) is 68.3 Å². The summed E-state index contributed by atoms with van der Waals surface area (Å²) in [4.78, 5) is 4.55. The number of rotatable bonds is 4. The third kappa shape index (κ3) is 3.12. The molecule has 1 N–H and O–H groups in total. The smallest absolute Gasteiger partial charge is 0.261 e. The Hall–Kier alpha value is -2.60. The summed E-state index contributed by atoms with van der Waals surface area (Å²) in [6, 6.07) is 15.6. The zero-order chi connectivity index (χ0) is 16.4. The van der Waals surface area contributed by atoms with E-state index in [-0.39, 0.29) is 4.90 Å². The second kappa shape index (κ2) is 5.89. The van der Waals surface area contributed by atoms with Gasteiger partial charge >= 0.3 is 0 Å². The average Bonchev–Trinajstić information content (AvgIpc) is 2.55.